The van der Waals surface area contributed by atoms with Gasteiger partial charge in [0, 0.05) is 5.69 Å². The molecule has 0 fully saturated rings. The van der Waals surface area contributed by atoms with E-state index in [1.807, 2.05) is 30.3 Å². The molecule has 1 aromatic carbocycles. The van der Waals surface area contributed by atoms with Gasteiger partial charge in [-0.05, 0) is 36.4 Å². The Bertz CT molecular complexity index is 803. The zero-order valence-electron chi connectivity index (χ0n) is 13.4. The zero-order valence-corrected chi connectivity index (χ0v) is 15.0. The first kappa shape index (κ1) is 17.3. The van der Waals surface area contributed by atoms with E-state index in [9.17, 15) is 4.79 Å². The average molecular weight is 376 g/mol. The van der Waals surface area contributed by atoms with Crippen LogP contribution in [0.3, 0.4) is 0 Å². The first-order valence-corrected chi connectivity index (χ1v) is 9.19. The van der Waals surface area contributed by atoms with Crippen LogP contribution in [0, 0.1) is 0 Å². The van der Waals surface area contributed by atoms with Crippen molar-refractivity contribution in [1.82, 2.24) is 15.5 Å². The van der Waals surface area contributed by atoms with E-state index in [-0.39, 0.29) is 11.7 Å². The number of ether oxygens (including phenoxy) is 1. The van der Waals surface area contributed by atoms with Crippen LogP contribution < -0.4 is 15.4 Å². The van der Waals surface area contributed by atoms with Crippen molar-refractivity contribution in [2.45, 2.75) is 10.9 Å². The number of thioether (sulfide) groups is 1. The molecule has 0 aliphatic rings. The van der Waals surface area contributed by atoms with Gasteiger partial charge in [-0.2, -0.15) is 0 Å². The number of carbonyl (C=O) groups is 1. The summed E-state index contributed by atoms with van der Waals surface area (Å²) in [5.41, 5.74) is 0.893. The number of amides is 1. The molecule has 2 N–H and O–H groups in total. The van der Waals surface area contributed by atoms with E-state index in [0.717, 1.165) is 21.5 Å². The number of hydrogen-bond donors (Lipinski definition) is 2. The van der Waals surface area contributed by atoms with Gasteiger partial charge < -0.3 is 19.8 Å². The van der Waals surface area contributed by atoms with Gasteiger partial charge in [-0.3, -0.25) is 4.79 Å². The molecule has 25 heavy (non-hydrogen) atoms. The van der Waals surface area contributed by atoms with Crippen LogP contribution in [-0.2, 0) is 11.3 Å². The zero-order chi connectivity index (χ0) is 17.5. The minimum atomic E-state index is -0.0822. The fourth-order valence-electron chi connectivity index (χ4n) is 1.89. The second-order valence-electron chi connectivity index (χ2n) is 4.87. The van der Waals surface area contributed by atoms with Crippen LogP contribution >= 0.6 is 23.1 Å². The fraction of sp³-hybridized carbons (Fsp3) is 0.188. The van der Waals surface area contributed by atoms with Crippen molar-refractivity contribution in [1.29, 1.82) is 0 Å². The van der Waals surface area contributed by atoms with Gasteiger partial charge in [0.1, 0.15) is 11.5 Å². The average Bonchev–Trinajstić information content (AvgIpc) is 3.31. The van der Waals surface area contributed by atoms with Crippen LogP contribution in [0.4, 0.5) is 10.8 Å². The lowest BCUT2D eigenvalue weighted by Gasteiger charge is -2.03. The predicted molar refractivity (Wildman–Crippen MR) is 97.5 cm³/mol. The van der Waals surface area contributed by atoms with Crippen LogP contribution in [0.25, 0.3) is 0 Å². The number of aromatic nitrogens is 2. The second kappa shape index (κ2) is 8.54. The molecule has 0 unspecified atom stereocenters. The quantitative estimate of drug-likeness (QED) is 0.583. The van der Waals surface area contributed by atoms with Crippen molar-refractivity contribution in [3.8, 4) is 5.75 Å². The SMILES string of the molecule is COc1ccc(Nc2nnc(SCC(=O)NCc3ccco3)s2)cc1. The Morgan fingerprint density at radius 3 is 2.84 bits per heavy atom. The number of furan rings is 1. The predicted octanol–water partition coefficient (Wildman–Crippen LogP) is 3.29. The topological polar surface area (TPSA) is 89.3 Å². The smallest absolute Gasteiger partial charge is 0.230 e. The first-order chi connectivity index (χ1) is 12.2. The van der Waals surface area contributed by atoms with Gasteiger partial charge in [0.05, 0.1) is 25.7 Å². The Morgan fingerprint density at radius 2 is 2.12 bits per heavy atom. The van der Waals surface area contributed by atoms with E-state index in [0.29, 0.717) is 11.7 Å². The second-order valence-corrected chi connectivity index (χ2v) is 7.07. The van der Waals surface area contributed by atoms with Crippen LogP contribution in [0.2, 0.25) is 0 Å². The number of nitrogens with zero attached hydrogens (tertiary/aromatic N) is 2. The van der Waals surface area contributed by atoms with Gasteiger partial charge in [-0.15, -0.1) is 10.2 Å². The standard InChI is InChI=1S/C16H16N4O3S2/c1-22-12-6-4-11(5-7-12)18-15-19-20-16(25-15)24-10-14(21)17-9-13-3-2-8-23-13/h2-8H,9-10H2,1H3,(H,17,21)(H,18,19). The van der Waals surface area contributed by atoms with Crippen molar-refractivity contribution < 1.29 is 13.9 Å². The fourth-order valence-corrected chi connectivity index (χ4v) is 3.50. The number of anilines is 2. The van der Waals surface area contributed by atoms with E-state index in [1.165, 1.54) is 23.1 Å². The molecule has 0 spiro atoms. The van der Waals surface area contributed by atoms with E-state index < -0.39 is 0 Å². The molecule has 2 heterocycles. The van der Waals surface area contributed by atoms with Crippen LogP contribution in [0.1, 0.15) is 5.76 Å². The third-order valence-electron chi connectivity index (χ3n) is 3.11. The van der Waals surface area contributed by atoms with Gasteiger partial charge in [0.2, 0.25) is 11.0 Å². The molecular weight excluding hydrogens is 360 g/mol. The molecule has 0 aliphatic carbocycles. The summed E-state index contributed by atoms with van der Waals surface area (Å²) in [5.74, 6) is 1.71. The first-order valence-electron chi connectivity index (χ1n) is 7.39. The summed E-state index contributed by atoms with van der Waals surface area (Å²) >= 11 is 2.74. The number of nitrogens with one attached hydrogen (secondary N) is 2. The summed E-state index contributed by atoms with van der Waals surface area (Å²) in [6.45, 7) is 0.382. The number of carbonyl (C=O) groups excluding carboxylic acids is 1. The van der Waals surface area contributed by atoms with E-state index in [2.05, 4.69) is 20.8 Å². The van der Waals surface area contributed by atoms with Gasteiger partial charge in [-0.25, -0.2) is 0 Å². The van der Waals surface area contributed by atoms with Gasteiger partial charge in [-0.1, -0.05) is 23.1 Å². The molecule has 130 valence electrons. The monoisotopic (exact) mass is 376 g/mol. The number of methoxy groups -OCH3 is 1. The highest BCUT2D eigenvalue weighted by atomic mass is 32.2. The van der Waals surface area contributed by atoms with E-state index >= 15 is 0 Å². The molecule has 0 aliphatic heterocycles. The Morgan fingerprint density at radius 1 is 1.28 bits per heavy atom. The van der Waals surface area contributed by atoms with Crippen LogP contribution in [0.15, 0.2) is 51.4 Å². The molecule has 3 rings (SSSR count). The van der Waals surface area contributed by atoms with Crippen molar-refractivity contribution >= 4 is 39.8 Å². The molecule has 9 heteroatoms. The van der Waals surface area contributed by atoms with Crippen molar-refractivity contribution in [3.05, 3.63) is 48.4 Å². The van der Waals surface area contributed by atoms with Crippen LogP contribution in [0.5, 0.6) is 5.75 Å². The molecule has 0 bridgehead atoms. The Hall–Kier alpha value is -2.52. The molecule has 3 aromatic rings. The highest BCUT2D eigenvalue weighted by molar-refractivity contribution is 8.01. The van der Waals surface area contributed by atoms with Crippen molar-refractivity contribution in [2.75, 3.05) is 18.2 Å². The van der Waals surface area contributed by atoms with Gasteiger partial charge >= 0.3 is 0 Å². The lowest BCUT2D eigenvalue weighted by atomic mass is 10.3. The third kappa shape index (κ3) is 5.23. The Kier molecular flexibility index (Phi) is 5.91. The normalized spacial score (nSPS) is 10.4. The lowest BCUT2D eigenvalue weighted by molar-refractivity contribution is -0.118. The maximum atomic E-state index is 11.8. The molecular formula is C16H16N4O3S2. The summed E-state index contributed by atoms with van der Waals surface area (Å²) in [7, 11) is 1.63. The molecule has 0 radical (unpaired) electrons. The Labute approximate surface area is 152 Å². The highest BCUT2D eigenvalue weighted by Crippen LogP contribution is 2.28. The highest BCUT2D eigenvalue weighted by Gasteiger charge is 2.09. The van der Waals surface area contributed by atoms with E-state index in [1.54, 1.807) is 19.4 Å². The molecule has 0 saturated carbocycles. The van der Waals surface area contributed by atoms with Crippen molar-refractivity contribution in [3.63, 3.8) is 0 Å². The molecule has 0 saturated heterocycles. The van der Waals surface area contributed by atoms with Crippen LogP contribution in [-0.4, -0.2) is 29.0 Å². The maximum absolute atomic E-state index is 11.8. The minimum Gasteiger partial charge on any atom is -0.497 e. The summed E-state index contributed by atoms with van der Waals surface area (Å²) in [6, 6.07) is 11.1. The summed E-state index contributed by atoms with van der Waals surface area (Å²) in [5, 5.41) is 14.8. The molecule has 0 atom stereocenters. The molecule has 7 nitrogen and oxygen atoms in total. The van der Waals surface area contributed by atoms with Gasteiger partial charge in [0.25, 0.3) is 0 Å². The lowest BCUT2D eigenvalue weighted by Crippen LogP contribution is -2.24. The molecule has 2 aromatic heterocycles. The van der Waals surface area contributed by atoms with E-state index in [4.69, 9.17) is 9.15 Å². The summed E-state index contributed by atoms with van der Waals surface area (Å²) in [4.78, 5) is 11.8. The number of rotatable bonds is 8. The summed E-state index contributed by atoms with van der Waals surface area (Å²) in [6.07, 6.45) is 1.58. The Balaban J connectivity index is 1.45. The van der Waals surface area contributed by atoms with Crippen molar-refractivity contribution in [2.24, 2.45) is 0 Å². The third-order valence-corrected chi connectivity index (χ3v) is 5.09. The summed E-state index contributed by atoms with van der Waals surface area (Å²) < 4.78 is 11.0. The number of benzene rings is 1. The minimum absolute atomic E-state index is 0.0822. The van der Waals surface area contributed by atoms with Gasteiger partial charge in [0.15, 0.2) is 4.34 Å². The number of hydrogen-bond acceptors (Lipinski definition) is 8. The molecule has 1 amide bonds. The largest absolute Gasteiger partial charge is 0.497 e. The maximum Gasteiger partial charge on any atom is 0.230 e.